The van der Waals surface area contributed by atoms with Crippen LogP contribution < -0.4 is 10.2 Å². The molecule has 1 N–H and O–H groups in total. The van der Waals surface area contributed by atoms with E-state index in [1.165, 1.54) is 22.5 Å². The summed E-state index contributed by atoms with van der Waals surface area (Å²) in [6.07, 6.45) is 0. The van der Waals surface area contributed by atoms with E-state index < -0.39 is 15.8 Å². The Labute approximate surface area is 152 Å². The highest BCUT2D eigenvalue weighted by molar-refractivity contribution is 7.89. The fourth-order valence-electron chi connectivity index (χ4n) is 2.92. The fourth-order valence-corrected chi connectivity index (χ4v) is 4.37. The zero-order chi connectivity index (χ0) is 18.7. The molecule has 7 nitrogen and oxygen atoms in total. The van der Waals surface area contributed by atoms with Gasteiger partial charge in [0.1, 0.15) is 23.3 Å². The minimum Gasteiger partial charge on any atom is -0.370 e. The van der Waals surface area contributed by atoms with Crippen LogP contribution in [0.25, 0.3) is 0 Å². The van der Waals surface area contributed by atoms with Gasteiger partial charge in [0.2, 0.25) is 10.0 Å². The van der Waals surface area contributed by atoms with Crippen molar-refractivity contribution >= 4 is 21.7 Å². The van der Waals surface area contributed by atoms with Crippen molar-refractivity contribution in [3.8, 4) is 0 Å². The number of nitrogens with one attached hydrogen (secondary N) is 1. The molecular weight excluding hydrogens is 357 g/mol. The largest absolute Gasteiger partial charge is 0.370 e. The number of sulfonamides is 1. The van der Waals surface area contributed by atoms with Crippen molar-refractivity contribution in [2.75, 3.05) is 42.9 Å². The lowest BCUT2D eigenvalue weighted by molar-refractivity contribution is 0.383. The van der Waals surface area contributed by atoms with Crippen molar-refractivity contribution < 1.29 is 12.8 Å². The average Bonchev–Trinajstić information content (AvgIpc) is 2.61. The second kappa shape index (κ2) is 7.55. The van der Waals surface area contributed by atoms with Gasteiger partial charge >= 0.3 is 0 Å². The Hall–Kier alpha value is -2.26. The molecule has 3 rings (SSSR count). The van der Waals surface area contributed by atoms with E-state index in [0.717, 1.165) is 24.2 Å². The molecule has 1 aliphatic rings. The van der Waals surface area contributed by atoms with Crippen LogP contribution in [0.5, 0.6) is 0 Å². The Morgan fingerprint density at radius 1 is 1.15 bits per heavy atom. The maximum absolute atomic E-state index is 13.4. The van der Waals surface area contributed by atoms with Crippen LogP contribution in [0.15, 0.2) is 35.2 Å². The molecule has 0 bridgehead atoms. The molecule has 1 aromatic carbocycles. The number of aromatic nitrogens is 2. The number of nitrogens with zero attached hydrogens (tertiary/aromatic N) is 4. The number of hydrogen-bond donors (Lipinski definition) is 1. The van der Waals surface area contributed by atoms with Gasteiger partial charge in [-0.3, -0.25) is 0 Å². The Bertz CT molecular complexity index is 882. The van der Waals surface area contributed by atoms with Crippen LogP contribution in [0, 0.1) is 12.7 Å². The van der Waals surface area contributed by atoms with Crippen molar-refractivity contribution in [3.05, 3.63) is 42.0 Å². The molecule has 0 aliphatic carbocycles. The highest BCUT2D eigenvalue weighted by Crippen LogP contribution is 2.22. The van der Waals surface area contributed by atoms with Crippen LogP contribution in [0.4, 0.5) is 16.0 Å². The van der Waals surface area contributed by atoms with Crippen LogP contribution in [0.1, 0.15) is 12.7 Å². The lowest BCUT2D eigenvalue weighted by Crippen LogP contribution is -2.49. The third kappa shape index (κ3) is 3.94. The molecule has 2 heterocycles. The van der Waals surface area contributed by atoms with E-state index in [1.807, 2.05) is 24.8 Å². The van der Waals surface area contributed by atoms with Gasteiger partial charge in [-0.15, -0.1) is 0 Å². The third-order valence-corrected chi connectivity index (χ3v) is 6.07. The summed E-state index contributed by atoms with van der Waals surface area (Å²) in [7, 11) is -3.69. The van der Waals surface area contributed by atoms with E-state index in [2.05, 4.69) is 15.3 Å². The maximum atomic E-state index is 13.4. The first-order chi connectivity index (χ1) is 12.4. The second-order valence-electron chi connectivity index (χ2n) is 6.04. The van der Waals surface area contributed by atoms with Crippen molar-refractivity contribution in [3.63, 3.8) is 0 Å². The van der Waals surface area contributed by atoms with E-state index in [0.29, 0.717) is 32.0 Å². The summed E-state index contributed by atoms with van der Waals surface area (Å²) in [5.41, 5.74) is 0. The van der Waals surface area contributed by atoms with Crippen molar-refractivity contribution in [2.45, 2.75) is 18.7 Å². The molecule has 1 aromatic heterocycles. The van der Waals surface area contributed by atoms with Gasteiger partial charge in [-0.2, -0.15) is 4.31 Å². The average molecular weight is 379 g/mol. The van der Waals surface area contributed by atoms with E-state index in [1.54, 1.807) is 0 Å². The monoisotopic (exact) mass is 379 g/mol. The number of benzene rings is 1. The second-order valence-corrected chi connectivity index (χ2v) is 7.98. The van der Waals surface area contributed by atoms with E-state index >= 15 is 0 Å². The molecule has 0 amide bonds. The Morgan fingerprint density at radius 2 is 1.88 bits per heavy atom. The van der Waals surface area contributed by atoms with Crippen molar-refractivity contribution in [2.24, 2.45) is 0 Å². The number of rotatable bonds is 5. The first-order valence-corrected chi connectivity index (χ1v) is 9.94. The molecular formula is C17H22FN5O2S. The van der Waals surface area contributed by atoms with E-state index in [-0.39, 0.29) is 4.90 Å². The van der Waals surface area contributed by atoms with Crippen LogP contribution in [-0.2, 0) is 10.0 Å². The van der Waals surface area contributed by atoms with Gasteiger partial charge in [-0.25, -0.2) is 22.8 Å². The van der Waals surface area contributed by atoms with Crippen LogP contribution >= 0.6 is 0 Å². The predicted molar refractivity (Wildman–Crippen MR) is 98.3 cm³/mol. The molecule has 1 fully saturated rings. The number of piperazine rings is 1. The van der Waals surface area contributed by atoms with Crippen molar-refractivity contribution in [1.82, 2.24) is 14.3 Å². The minimum absolute atomic E-state index is 0.0155. The summed E-state index contributed by atoms with van der Waals surface area (Å²) in [6, 6.07) is 6.98. The first-order valence-electron chi connectivity index (χ1n) is 8.50. The molecule has 2 aromatic rings. The highest BCUT2D eigenvalue weighted by atomic mass is 32.2. The van der Waals surface area contributed by atoms with E-state index in [4.69, 9.17) is 0 Å². The van der Waals surface area contributed by atoms with Crippen LogP contribution in [0.2, 0.25) is 0 Å². The molecule has 0 atom stereocenters. The van der Waals surface area contributed by atoms with Crippen molar-refractivity contribution in [1.29, 1.82) is 0 Å². The van der Waals surface area contributed by atoms with Gasteiger partial charge in [0.15, 0.2) is 0 Å². The van der Waals surface area contributed by atoms with Gasteiger partial charge in [0.25, 0.3) is 0 Å². The SMILES string of the molecule is CCNc1cc(N2CCN(S(=O)(=O)c3cccc(F)c3)CC2)nc(C)n1. The number of anilines is 2. The number of aryl methyl sites for hydroxylation is 1. The first kappa shape index (κ1) is 18.5. The van der Waals surface area contributed by atoms with Gasteiger partial charge < -0.3 is 10.2 Å². The normalized spacial score (nSPS) is 15.9. The summed E-state index contributed by atoms with van der Waals surface area (Å²) >= 11 is 0. The zero-order valence-corrected chi connectivity index (χ0v) is 15.6. The summed E-state index contributed by atoms with van der Waals surface area (Å²) in [5.74, 6) is 1.63. The van der Waals surface area contributed by atoms with Crippen LogP contribution in [0.3, 0.4) is 0 Å². The predicted octanol–water partition coefficient (Wildman–Crippen LogP) is 1.87. The smallest absolute Gasteiger partial charge is 0.243 e. The standard InChI is InChI=1S/C17H22FN5O2S/c1-3-19-16-12-17(21-13(2)20-16)22-7-9-23(10-8-22)26(24,25)15-6-4-5-14(18)11-15/h4-6,11-12H,3,7-10H2,1-2H3,(H,19,20,21). The maximum Gasteiger partial charge on any atom is 0.243 e. The van der Waals surface area contributed by atoms with Crippen LogP contribution in [-0.4, -0.2) is 55.4 Å². The summed E-state index contributed by atoms with van der Waals surface area (Å²) in [6.45, 7) is 6.24. The molecule has 0 unspecified atom stereocenters. The molecule has 0 saturated carbocycles. The Morgan fingerprint density at radius 3 is 2.54 bits per heavy atom. The minimum atomic E-state index is -3.69. The molecule has 0 radical (unpaired) electrons. The number of halogens is 1. The zero-order valence-electron chi connectivity index (χ0n) is 14.8. The van der Waals surface area contributed by atoms with E-state index in [9.17, 15) is 12.8 Å². The fraction of sp³-hybridized carbons (Fsp3) is 0.412. The number of hydrogen-bond acceptors (Lipinski definition) is 6. The Kier molecular flexibility index (Phi) is 5.38. The lowest BCUT2D eigenvalue weighted by Gasteiger charge is -2.34. The highest BCUT2D eigenvalue weighted by Gasteiger charge is 2.29. The van der Waals surface area contributed by atoms with Gasteiger partial charge in [0, 0.05) is 38.8 Å². The molecule has 140 valence electrons. The summed E-state index contributed by atoms with van der Waals surface area (Å²) in [5, 5.41) is 3.17. The molecule has 9 heteroatoms. The summed E-state index contributed by atoms with van der Waals surface area (Å²) < 4.78 is 40.1. The van der Waals surface area contributed by atoms with Gasteiger partial charge in [-0.1, -0.05) is 6.07 Å². The molecule has 1 saturated heterocycles. The lowest BCUT2D eigenvalue weighted by atomic mass is 10.3. The summed E-state index contributed by atoms with van der Waals surface area (Å²) in [4.78, 5) is 10.8. The quantitative estimate of drug-likeness (QED) is 0.854. The van der Waals surface area contributed by atoms with Gasteiger partial charge in [-0.05, 0) is 32.0 Å². The molecule has 26 heavy (non-hydrogen) atoms. The topological polar surface area (TPSA) is 78.4 Å². The van der Waals surface area contributed by atoms with Gasteiger partial charge in [0.05, 0.1) is 4.90 Å². The molecule has 0 spiro atoms. The Balaban J connectivity index is 1.73. The molecule has 1 aliphatic heterocycles. The third-order valence-electron chi connectivity index (χ3n) is 4.18.